The highest BCUT2D eigenvalue weighted by Crippen LogP contribution is 2.35. The van der Waals surface area contributed by atoms with E-state index < -0.39 is 0 Å². The normalized spacial score (nSPS) is 28.8. The minimum absolute atomic E-state index is 0.232. The molecule has 8 nitrogen and oxygen atoms in total. The maximum Gasteiger partial charge on any atom is 0.301 e. The van der Waals surface area contributed by atoms with Gasteiger partial charge in [-0.25, -0.2) is 0 Å². The first-order chi connectivity index (χ1) is 8.69. The number of fused-ring (bicyclic) bond motifs is 4. The van der Waals surface area contributed by atoms with Gasteiger partial charge >= 0.3 is 6.01 Å². The van der Waals surface area contributed by atoms with Crippen LogP contribution < -0.4 is 10.3 Å². The Morgan fingerprint density at radius 3 is 3.28 bits per heavy atom. The van der Waals surface area contributed by atoms with E-state index in [0.717, 1.165) is 0 Å². The minimum atomic E-state index is -0.300. The van der Waals surface area contributed by atoms with Gasteiger partial charge in [-0.3, -0.25) is 9.36 Å². The lowest BCUT2D eigenvalue weighted by Gasteiger charge is -2.17. The van der Waals surface area contributed by atoms with Gasteiger partial charge in [0.2, 0.25) is 0 Å². The zero-order valence-corrected chi connectivity index (χ0v) is 9.68. The van der Waals surface area contributed by atoms with Gasteiger partial charge < -0.3 is 9.47 Å². The maximum absolute atomic E-state index is 11.5. The van der Waals surface area contributed by atoms with E-state index in [-0.39, 0.29) is 36.6 Å². The third-order valence-corrected chi connectivity index (χ3v) is 3.18. The molecule has 0 spiro atoms. The van der Waals surface area contributed by atoms with Gasteiger partial charge in [-0.05, 0) is 12.5 Å². The summed E-state index contributed by atoms with van der Waals surface area (Å²) in [5.74, 6) is 0. The standard InChI is InChI=1S/C10H11N5O3/c1-5-3-15-8-2-6(13-14-11)7(18-8)4-17-10(15)12-9(5)16/h3,6-8H,2,4H2,1H3/t6-,7-,8-/m0/s1. The van der Waals surface area contributed by atoms with Crippen molar-refractivity contribution in [1.82, 2.24) is 9.55 Å². The molecular formula is C10H11N5O3. The first kappa shape index (κ1) is 11.1. The molecule has 3 rings (SSSR count). The van der Waals surface area contributed by atoms with Crippen LogP contribution in [0.5, 0.6) is 6.01 Å². The zero-order valence-electron chi connectivity index (χ0n) is 9.68. The Kier molecular flexibility index (Phi) is 2.46. The van der Waals surface area contributed by atoms with Crippen molar-refractivity contribution in [2.45, 2.75) is 31.7 Å². The van der Waals surface area contributed by atoms with E-state index in [9.17, 15) is 4.79 Å². The van der Waals surface area contributed by atoms with Crippen molar-refractivity contribution < 1.29 is 9.47 Å². The average Bonchev–Trinajstić information content (AvgIpc) is 2.65. The van der Waals surface area contributed by atoms with E-state index in [1.54, 1.807) is 17.7 Å². The molecule has 2 bridgehead atoms. The molecule has 1 aromatic heterocycles. The van der Waals surface area contributed by atoms with E-state index in [4.69, 9.17) is 15.0 Å². The topological polar surface area (TPSA) is 102 Å². The first-order valence-corrected chi connectivity index (χ1v) is 5.61. The summed E-state index contributed by atoms with van der Waals surface area (Å²) in [4.78, 5) is 18.1. The van der Waals surface area contributed by atoms with Crippen molar-refractivity contribution >= 4 is 0 Å². The molecule has 2 aliphatic rings. The van der Waals surface area contributed by atoms with Crippen molar-refractivity contribution in [3.05, 3.63) is 32.6 Å². The molecule has 0 N–H and O–H groups in total. The van der Waals surface area contributed by atoms with Crippen LogP contribution in [0.4, 0.5) is 0 Å². The molecule has 0 unspecified atom stereocenters. The molecule has 18 heavy (non-hydrogen) atoms. The second-order valence-electron chi connectivity index (χ2n) is 4.37. The average molecular weight is 249 g/mol. The van der Waals surface area contributed by atoms with Crippen LogP contribution in [0.2, 0.25) is 0 Å². The Hall–Kier alpha value is -2.05. The fourth-order valence-corrected chi connectivity index (χ4v) is 2.25. The van der Waals surface area contributed by atoms with Crippen LogP contribution >= 0.6 is 0 Å². The number of hydrogen-bond acceptors (Lipinski definition) is 5. The van der Waals surface area contributed by atoms with Crippen molar-refractivity contribution in [2.24, 2.45) is 5.11 Å². The van der Waals surface area contributed by atoms with E-state index >= 15 is 0 Å². The molecule has 8 heteroatoms. The molecular weight excluding hydrogens is 238 g/mol. The summed E-state index contributed by atoms with van der Waals surface area (Å²) in [5.41, 5.74) is 8.72. The van der Waals surface area contributed by atoms with Crippen LogP contribution in [-0.4, -0.2) is 28.3 Å². The Morgan fingerprint density at radius 2 is 2.50 bits per heavy atom. The number of azide groups is 1. The Morgan fingerprint density at radius 1 is 1.67 bits per heavy atom. The molecule has 3 heterocycles. The van der Waals surface area contributed by atoms with Crippen molar-refractivity contribution in [3.63, 3.8) is 0 Å². The Bertz CT molecular complexity index is 592. The van der Waals surface area contributed by atoms with Gasteiger partial charge in [-0.1, -0.05) is 5.11 Å². The van der Waals surface area contributed by atoms with Crippen molar-refractivity contribution in [2.75, 3.05) is 6.61 Å². The van der Waals surface area contributed by atoms with Crippen LogP contribution in [0.25, 0.3) is 10.4 Å². The first-order valence-electron chi connectivity index (χ1n) is 5.61. The van der Waals surface area contributed by atoms with Crippen molar-refractivity contribution in [3.8, 4) is 6.01 Å². The molecule has 1 aromatic rings. The van der Waals surface area contributed by atoms with Gasteiger partial charge in [0.1, 0.15) is 18.9 Å². The summed E-state index contributed by atoms with van der Waals surface area (Å²) in [6.45, 7) is 1.92. The fraction of sp³-hybridized carbons (Fsp3) is 0.600. The molecule has 2 aliphatic heterocycles. The van der Waals surface area contributed by atoms with Crippen LogP contribution in [0, 0.1) is 6.92 Å². The molecule has 1 saturated heterocycles. The van der Waals surface area contributed by atoms with Gasteiger partial charge in [0.15, 0.2) is 0 Å². The lowest BCUT2D eigenvalue weighted by atomic mass is 10.1. The lowest BCUT2D eigenvalue weighted by Crippen LogP contribution is -2.27. The molecule has 0 aromatic carbocycles. The monoisotopic (exact) mass is 249 g/mol. The second-order valence-corrected chi connectivity index (χ2v) is 4.37. The predicted octanol–water partition coefficient (Wildman–Crippen LogP) is 0.911. The molecule has 0 aliphatic carbocycles. The summed E-state index contributed by atoms with van der Waals surface area (Å²) >= 11 is 0. The van der Waals surface area contributed by atoms with Crippen LogP contribution in [-0.2, 0) is 4.74 Å². The zero-order chi connectivity index (χ0) is 12.7. The fourth-order valence-electron chi connectivity index (χ4n) is 2.25. The quantitative estimate of drug-likeness (QED) is 0.419. The lowest BCUT2D eigenvalue weighted by molar-refractivity contribution is 0.00187. The van der Waals surface area contributed by atoms with Crippen LogP contribution in [0.1, 0.15) is 18.2 Å². The van der Waals surface area contributed by atoms with Crippen molar-refractivity contribution in [1.29, 1.82) is 0 Å². The third-order valence-electron chi connectivity index (χ3n) is 3.18. The van der Waals surface area contributed by atoms with Gasteiger partial charge in [0.05, 0.1) is 6.04 Å². The SMILES string of the molecule is Cc1cn2c(nc1=O)OC[C@@H]1O[C@H]2C[C@@H]1N=[N+]=[N-]. The van der Waals surface area contributed by atoms with Gasteiger partial charge in [-0.15, -0.1) is 0 Å². The van der Waals surface area contributed by atoms with Crippen LogP contribution in [0.3, 0.4) is 0 Å². The molecule has 94 valence electrons. The number of nitrogens with zero attached hydrogens (tertiary/aromatic N) is 5. The maximum atomic E-state index is 11.5. The van der Waals surface area contributed by atoms with E-state index in [1.807, 2.05) is 0 Å². The van der Waals surface area contributed by atoms with Gasteiger partial charge in [0, 0.05) is 23.1 Å². The summed E-state index contributed by atoms with van der Waals surface area (Å²) in [6, 6.07) is 0.0189. The molecule has 0 saturated carbocycles. The second kappa shape index (κ2) is 4.01. The summed E-state index contributed by atoms with van der Waals surface area (Å²) < 4.78 is 12.9. The number of ether oxygens (including phenoxy) is 2. The van der Waals surface area contributed by atoms with Crippen LogP contribution in [0.15, 0.2) is 16.1 Å². The number of hydrogen-bond donors (Lipinski definition) is 0. The number of aromatic nitrogens is 2. The highest BCUT2D eigenvalue weighted by atomic mass is 16.6. The highest BCUT2D eigenvalue weighted by Gasteiger charge is 2.39. The molecule has 3 atom stereocenters. The van der Waals surface area contributed by atoms with Gasteiger partial charge in [0.25, 0.3) is 5.56 Å². The van der Waals surface area contributed by atoms with E-state index in [0.29, 0.717) is 12.0 Å². The predicted molar refractivity (Wildman–Crippen MR) is 60.2 cm³/mol. The number of aryl methyl sites for hydroxylation is 1. The molecule has 1 fully saturated rings. The summed E-state index contributed by atoms with van der Waals surface area (Å²) in [6.07, 6.45) is 1.64. The largest absolute Gasteiger partial charge is 0.462 e. The van der Waals surface area contributed by atoms with Gasteiger partial charge in [-0.2, -0.15) is 4.98 Å². The Labute approximate surface area is 102 Å². The molecule has 0 radical (unpaired) electrons. The third kappa shape index (κ3) is 1.62. The minimum Gasteiger partial charge on any atom is -0.462 e. The summed E-state index contributed by atoms with van der Waals surface area (Å²) in [5, 5.41) is 3.70. The van der Waals surface area contributed by atoms with E-state index in [2.05, 4.69) is 15.0 Å². The highest BCUT2D eigenvalue weighted by molar-refractivity contribution is 5.11. The van der Waals surface area contributed by atoms with E-state index in [1.165, 1.54) is 0 Å². The molecule has 0 amide bonds. The number of rotatable bonds is 1. The Balaban J connectivity index is 2.03. The smallest absolute Gasteiger partial charge is 0.301 e. The summed E-state index contributed by atoms with van der Waals surface area (Å²) in [7, 11) is 0.